The Morgan fingerprint density at radius 2 is 1.44 bits per heavy atom. The first-order valence-corrected chi connectivity index (χ1v) is 14.2. The summed E-state index contributed by atoms with van der Waals surface area (Å²) in [4.78, 5) is 0. The average molecular weight is 518 g/mol. The summed E-state index contributed by atoms with van der Waals surface area (Å²) >= 11 is 1.88. The minimum Gasteiger partial charge on any atom is -0.485 e. The Balaban J connectivity index is 1.21. The van der Waals surface area contributed by atoms with Gasteiger partial charge < -0.3 is 9.30 Å². The number of rotatable bonds is 2. The molecule has 0 spiro atoms. The van der Waals surface area contributed by atoms with Crippen molar-refractivity contribution >= 4 is 58.9 Å². The number of hydrogen-bond acceptors (Lipinski definition) is 2. The first kappa shape index (κ1) is 21.3. The van der Waals surface area contributed by atoms with Crippen LogP contribution in [0.25, 0.3) is 53.2 Å². The maximum absolute atomic E-state index is 6.30. The van der Waals surface area contributed by atoms with Gasteiger partial charge in [-0.15, -0.1) is 11.3 Å². The smallest absolute Gasteiger partial charge is 0.128 e. The van der Waals surface area contributed by atoms with Crippen molar-refractivity contribution in [1.82, 2.24) is 4.57 Å². The molecule has 2 nitrogen and oxygen atoms in total. The van der Waals surface area contributed by atoms with Crippen molar-refractivity contribution < 1.29 is 4.74 Å². The summed E-state index contributed by atoms with van der Waals surface area (Å²) in [7, 11) is 0. The van der Waals surface area contributed by atoms with Gasteiger partial charge in [0.05, 0.1) is 16.7 Å². The van der Waals surface area contributed by atoms with E-state index < -0.39 is 0 Å². The Labute approximate surface area is 229 Å². The molecule has 184 valence electrons. The van der Waals surface area contributed by atoms with Crippen molar-refractivity contribution in [2.45, 2.75) is 12.0 Å². The zero-order chi connectivity index (χ0) is 25.5. The second-order valence-corrected chi connectivity index (χ2v) is 11.5. The van der Waals surface area contributed by atoms with Crippen LogP contribution in [0.3, 0.4) is 0 Å². The van der Waals surface area contributed by atoms with Crippen molar-refractivity contribution in [3.05, 3.63) is 139 Å². The van der Waals surface area contributed by atoms with Crippen LogP contribution in [0.4, 0.5) is 0 Å². The fourth-order valence-corrected chi connectivity index (χ4v) is 7.76. The molecule has 0 saturated carbocycles. The van der Waals surface area contributed by atoms with Crippen molar-refractivity contribution in [1.29, 1.82) is 0 Å². The van der Waals surface area contributed by atoms with Crippen LogP contribution in [0.1, 0.15) is 17.0 Å². The summed E-state index contributed by atoms with van der Waals surface area (Å²) in [5.41, 5.74) is 7.47. The van der Waals surface area contributed by atoms with Gasteiger partial charge in [-0.1, -0.05) is 84.9 Å². The molecule has 39 heavy (non-hydrogen) atoms. The van der Waals surface area contributed by atoms with E-state index in [9.17, 15) is 0 Å². The van der Waals surface area contributed by atoms with Gasteiger partial charge in [0.1, 0.15) is 11.9 Å². The number of benzene rings is 5. The Kier molecular flexibility index (Phi) is 4.35. The third-order valence-corrected chi connectivity index (χ3v) is 9.47. The van der Waals surface area contributed by atoms with E-state index in [0.29, 0.717) is 5.92 Å². The normalized spacial score (nSPS) is 18.0. The molecule has 0 N–H and O–H groups in total. The lowest BCUT2D eigenvalue weighted by molar-refractivity contribution is 0.269. The molecule has 5 aromatic carbocycles. The predicted octanol–water partition coefficient (Wildman–Crippen LogP) is 9.65. The highest BCUT2D eigenvalue weighted by Crippen LogP contribution is 2.45. The molecule has 2 atom stereocenters. The van der Waals surface area contributed by atoms with Crippen LogP contribution >= 0.6 is 11.3 Å². The lowest BCUT2D eigenvalue weighted by Crippen LogP contribution is -2.17. The van der Waals surface area contributed by atoms with E-state index in [1.165, 1.54) is 64.4 Å². The Morgan fingerprint density at radius 1 is 0.667 bits per heavy atom. The topological polar surface area (TPSA) is 14.2 Å². The number of aromatic nitrogens is 1. The number of hydrogen-bond donors (Lipinski definition) is 0. The van der Waals surface area contributed by atoms with E-state index in [-0.39, 0.29) is 6.10 Å². The number of allylic oxidation sites excluding steroid dienone is 2. The fourth-order valence-electron chi connectivity index (χ4n) is 6.60. The lowest BCUT2D eigenvalue weighted by atomic mass is 9.87. The minimum atomic E-state index is 0.0578. The molecule has 7 aromatic rings. The molecule has 9 rings (SSSR count). The van der Waals surface area contributed by atoms with Crippen LogP contribution in [-0.2, 0) is 0 Å². The largest absolute Gasteiger partial charge is 0.485 e. The van der Waals surface area contributed by atoms with E-state index >= 15 is 0 Å². The van der Waals surface area contributed by atoms with Crippen molar-refractivity contribution in [3.8, 4) is 11.4 Å². The molecule has 0 saturated heterocycles. The van der Waals surface area contributed by atoms with E-state index in [1.807, 2.05) is 17.4 Å². The van der Waals surface area contributed by atoms with E-state index in [2.05, 4.69) is 126 Å². The van der Waals surface area contributed by atoms with Crippen molar-refractivity contribution in [3.63, 3.8) is 0 Å². The van der Waals surface area contributed by atoms with Crippen molar-refractivity contribution in [2.75, 3.05) is 0 Å². The Hall–Kier alpha value is -4.60. The standard InChI is InChI=1S/C36H23NOS/c1-4-11-29-24(8-1)25-9-2-5-12-30(25)37(29)31-13-7-15-34-36(31)28-19-17-23(21-35(28)39-34)22-16-18-27-26-10-3-6-14-32(26)38-33(27)20-22/h1-21,27,33H. The molecule has 2 aromatic heterocycles. The summed E-state index contributed by atoms with van der Waals surface area (Å²) in [5, 5.41) is 5.20. The third kappa shape index (κ3) is 3.02. The molecule has 3 heterocycles. The third-order valence-electron chi connectivity index (χ3n) is 8.35. The van der Waals surface area contributed by atoms with Gasteiger partial charge in [0.15, 0.2) is 0 Å². The van der Waals surface area contributed by atoms with Gasteiger partial charge in [-0.2, -0.15) is 0 Å². The zero-order valence-electron chi connectivity index (χ0n) is 21.0. The molecule has 2 aliphatic rings. The first-order valence-electron chi connectivity index (χ1n) is 13.4. The van der Waals surface area contributed by atoms with Gasteiger partial charge in [-0.05, 0) is 53.6 Å². The second kappa shape index (κ2) is 7.95. The van der Waals surface area contributed by atoms with Crippen LogP contribution in [0.15, 0.2) is 127 Å². The molecule has 0 amide bonds. The maximum atomic E-state index is 6.30. The molecule has 2 unspecified atom stereocenters. The van der Waals surface area contributed by atoms with Gasteiger partial charge in [0.25, 0.3) is 0 Å². The first-order chi connectivity index (χ1) is 19.3. The summed E-state index contributed by atoms with van der Waals surface area (Å²) in [5.74, 6) is 1.30. The van der Waals surface area contributed by atoms with Crippen molar-refractivity contribution in [2.24, 2.45) is 0 Å². The molecular formula is C36H23NOS. The summed E-state index contributed by atoms with van der Waals surface area (Å²) in [6.07, 6.45) is 6.93. The van der Waals surface area contributed by atoms with Gasteiger partial charge >= 0.3 is 0 Å². The van der Waals surface area contributed by atoms with E-state index in [4.69, 9.17) is 4.74 Å². The summed E-state index contributed by atoms with van der Waals surface area (Å²) < 4.78 is 11.4. The van der Waals surface area contributed by atoms with Crippen LogP contribution in [0.2, 0.25) is 0 Å². The molecule has 1 aliphatic carbocycles. The van der Waals surface area contributed by atoms with Crippen LogP contribution < -0.4 is 4.74 Å². The highest BCUT2D eigenvalue weighted by atomic mass is 32.1. The SMILES string of the molecule is C1=CC2c3ccccc3OC2C=C1c1ccc2c(c1)sc1cccc(-n3c4ccccc4c4ccccc43)c12. The second-order valence-electron chi connectivity index (χ2n) is 10.5. The molecule has 0 radical (unpaired) electrons. The van der Waals surface area contributed by atoms with Crippen LogP contribution in [-0.4, -0.2) is 10.7 Å². The molecule has 3 heteroatoms. The number of fused-ring (bicyclic) bond motifs is 9. The molecule has 0 bridgehead atoms. The number of nitrogens with zero attached hydrogens (tertiary/aromatic N) is 1. The lowest BCUT2D eigenvalue weighted by Gasteiger charge is -2.18. The zero-order valence-corrected chi connectivity index (χ0v) is 21.9. The average Bonchev–Trinajstić information content (AvgIpc) is 3.65. The number of thiophene rings is 1. The van der Waals surface area contributed by atoms with Gasteiger partial charge in [0, 0.05) is 42.4 Å². The van der Waals surface area contributed by atoms with E-state index in [1.54, 1.807) is 0 Å². The summed E-state index contributed by atoms with van der Waals surface area (Å²) in [6, 6.07) is 39.5. The molecule has 1 aliphatic heterocycles. The van der Waals surface area contributed by atoms with Gasteiger partial charge in [0.2, 0.25) is 0 Å². The van der Waals surface area contributed by atoms with Gasteiger partial charge in [-0.3, -0.25) is 0 Å². The highest BCUT2D eigenvalue weighted by Gasteiger charge is 2.33. The number of ether oxygens (including phenoxy) is 1. The predicted molar refractivity (Wildman–Crippen MR) is 164 cm³/mol. The monoisotopic (exact) mass is 517 g/mol. The van der Waals surface area contributed by atoms with Crippen LogP contribution in [0, 0.1) is 0 Å². The highest BCUT2D eigenvalue weighted by molar-refractivity contribution is 7.25. The Bertz CT molecular complexity index is 2120. The van der Waals surface area contributed by atoms with E-state index in [0.717, 1.165) is 5.75 Å². The Morgan fingerprint density at radius 3 is 2.28 bits per heavy atom. The number of para-hydroxylation sites is 3. The van der Waals surface area contributed by atoms with Crippen LogP contribution in [0.5, 0.6) is 5.75 Å². The minimum absolute atomic E-state index is 0.0578. The van der Waals surface area contributed by atoms with Gasteiger partial charge in [-0.25, -0.2) is 0 Å². The molecule has 0 fully saturated rings. The molecular weight excluding hydrogens is 494 g/mol. The fraction of sp³-hybridized carbons (Fsp3) is 0.0556. The maximum Gasteiger partial charge on any atom is 0.128 e. The summed E-state index contributed by atoms with van der Waals surface area (Å²) in [6.45, 7) is 0. The quantitative estimate of drug-likeness (QED) is 0.223.